The summed E-state index contributed by atoms with van der Waals surface area (Å²) in [6.45, 7) is 7.06. The molecule has 5 aromatic heterocycles. The largest absolute Gasteiger partial charge is 0.496 e. The van der Waals surface area contributed by atoms with E-state index >= 15 is 0 Å². The average Bonchev–Trinajstić information content (AvgIpc) is 3.79. The van der Waals surface area contributed by atoms with E-state index in [-0.39, 0.29) is 0 Å². The predicted octanol–water partition coefficient (Wildman–Crippen LogP) is 3.53. The van der Waals surface area contributed by atoms with Gasteiger partial charge in [-0.2, -0.15) is 5.10 Å². The highest BCUT2D eigenvalue weighted by Gasteiger charge is 2.42. The van der Waals surface area contributed by atoms with Crippen molar-refractivity contribution in [1.29, 1.82) is 0 Å². The Kier molecular flexibility index (Phi) is 5.83. The van der Waals surface area contributed by atoms with E-state index in [0.717, 1.165) is 86.8 Å². The Morgan fingerprint density at radius 3 is 2.71 bits per heavy atom. The minimum absolute atomic E-state index is 0.526. The third-order valence-corrected chi connectivity index (χ3v) is 9.70. The highest BCUT2D eigenvalue weighted by atomic mass is 32.1. The predicted molar refractivity (Wildman–Crippen MR) is 160 cm³/mol. The summed E-state index contributed by atoms with van der Waals surface area (Å²) in [5.41, 5.74) is 4.40. The molecule has 3 fully saturated rings. The minimum atomic E-state index is 0.526. The molecule has 0 N–H and O–H groups in total. The van der Waals surface area contributed by atoms with Gasteiger partial charge in [0, 0.05) is 67.8 Å². The molecule has 2 atom stereocenters. The number of hydrogen-bond donors (Lipinski definition) is 0. The number of likely N-dealkylation sites (tertiary alicyclic amines) is 1. The standard InChI is InChI=1S/C29H31N9O2S/c1-17-20-14-31-38(23(20)11-22(32-17)21-13-30-5-4-24(21)39-3)26-12-25-27(28(33-26)36-6-8-40-9-7-36)34-29(41-25)37-16-18-10-19(37)15-35(18)2/h4-5,11-14,18-19H,6-10,15-16H2,1-3H3/t18-,19-/m0/s1. The van der Waals surface area contributed by atoms with E-state index in [1.807, 2.05) is 29.9 Å². The van der Waals surface area contributed by atoms with Crippen LogP contribution in [0.2, 0.25) is 0 Å². The molecule has 5 aromatic rings. The van der Waals surface area contributed by atoms with Crippen molar-refractivity contribution < 1.29 is 9.47 Å². The summed E-state index contributed by atoms with van der Waals surface area (Å²) >= 11 is 1.76. The SMILES string of the molecule is COc1ccncc1-c1cc2c(cnn2-c2cc3sc(N4C[C@@H]5C[C@H]4CN5C)nc3c(N3CCOCC3)n2)c(C)n1. The molecule has 0 radical (unpaired) electrons. The number of nitrogens with zero attached hydrogens (tertiary/aromatic N) is 9. The number of ether oxygens (including phenoxy) is 2. The zero-order valence-electron chi connectivity index (χ0n) is 23.3. The second kappa shape index (κ2) is 9.61. The first-order chi connectivity index (χ1) is 20.1. The molecule has 3 aliphatic rings. The van der Waals surface area contributed by atoms with Crippen molar-refractivity contribution in [3.05, 3.63) is 42.5 Å². The lowest BCUT2D eigenvalue weighted by molar-refractivity contribution is 0.122. The number of fused-ring (bicyclic) bond motifs is 4. The molecule has 2 bridgehead atoms. The lowest BCUT2D eigenvalue weighted by Crippen LogP contribution is -2.44. The van der Waals surface area contributed by atoms with E-state index < -0.39 is 0 Å². The molecule has 0 amide bonds. The van der Waals surface area contributed by atoms with Crippen LogP contribution >= 0.6 is 11.3 Å². The Morgan fingerprint density at radius 1 is 1.05 bits per heavy atom. The third kappa shape index (κ3) is 4.03. The number of aromatic nitrogens is 6. The summed E-state index contributed by atoms with van der Waals surface area (Å²) in [5.74, 6) is 2.39. The van der Waals surface area contributed by atoms with Gasteiger partial charge < -0.3 is 19.3 Å². The van der Waals surface area contributed by atoms with Gasteiger partial charge >= 0.3 is 0 Å². The van der Waals surface area contributed by atoms with Crippen LogP contribution in [0.4, 0.5) is 10.9 Å². The maximum absolute atomic E-state index is 5.67. The number of anilines is 2. The molecule has 8 rings (SSSR count). The van der Waals surface area contributed by atoms with Crippen LogP contribution in [-0.2, 0) is 4.74 Å². The summed E-state index contributed by atoms with van der Waals surface area (Å²) in [6, 6.07) is 7.17. The molecule has 0 aliphatic carbocycles. The molecule has 8 heterocycles. The fourth-order valence-electron chi connectivity index (χ4n) is 6.47. The average molecular weight is 570 g/mol. The topological polar surface area (TPSA) is 97.6 Å². The van der Waals surface area contributed by atoms with E-state index in [2.05, 4.69) is 32.8 Å². The first kappa shape index (κ1) is 24.9. The lowest BCUT2D eigenvalue weighted by atomic mass is 10.1. The second-order valence-electron chi connectivity index (χ2n) is 11.0. The molecule has 0 saturated carbocycles. The van der Waals surface area contributed by atoms with Gasteiger partial charge in [0.1, 0.15) is 11.3 Å². The van der Waals surface area contributed by atoms with Crippen LogP contribution in [0.3, 0.4) is 0 Å². The number of pyridine rings is 3. The third-order valence-electron chi connectivity index (χ3n) is 8.66. The molecule has 3 saturated heterocycles. The normalized spacial score (nSPS) is 21.0. The van der Waals surface area contributed by atoms with Gasteiger partial charge in [-0.25, -0.2) is 14.6 Å². The van der Waals surface area contributed by atoms with Gasteiger partial charge in [-0.3, -0.25) is 14.9 Å². The molecular formula is C29H31N9O2S. The molecule has 0 aromatic carbocycles. The number of methoxy groups -OCH3 is 1. The van der Waals surface area contributed by atoms with Crippen LogP contribution in [0.5, 0.6) is 5.75 Å². The summed E-state index contributed by atoms with van der Waals surface area (Å²) in [4.78, 5) is 26.9. The van der Waals surface area contributed by atoms with Crippen molar-refractivity contribution in [2.45, 2.75) is 25.4 Å². The van der Waals surface area contributed by atoms with Crippen molar-refractivity contribution in [3.63, 3.8) is 0 Å². The summed E-state index contributed by atoms with van der Waals surface area (Å²) in [6.07, 6.45) is 6.59. The quantitative estimate of drug-likeness (QED) is 0.313. The minimum Gasteiger partial charge on any atom is -0.496 e. The molecule has 12 heteroatoms. The van der Waals surface area contributed by atoms with Crippen LogP contribution in [-0.4, -0.2) is 100 Å². The number of piperazine rings is 1. The summed E-state index contributed by atoms with van der Waals surface area (Å²) in [7, 11) is 3.89. The van der Waals surface area contributed by atoms with Gasteiger partial charge in [-0.05, 0) is 32.5 Å². The Morgan fingerprint density at radius 2 is 1.93 bits per heavy atom. The van der Waals surface area contributed by atoms with E-state index in [0.29, 0.717) is 25.3 Å². The van der Waals surface area contributed by atoms with E-state index in [1.54, 1.807) is 30.8 Å². The molecule has 41 heavy (non-hydrogen) atoms. The van der Waals surface area contributed by atoms with Crippen molar-refractivity contribution in [2.24, 2.45) is 0 Å². The van der Waals surface area contributed by atoms with Gasteiger partial charge in [0.15, 0.2) is 16.8 Å². The van der Waals surface area contributed by atoms with Gasteiger partial charge in [-0.1, -0.05) is 11.3 Å². The van der Waals surface area contributed by atoms with Gasteiger partial charge in [0.05, 0.1) is 48.0 Å². The summed E-state index contributed by atoms with van der Waals surface area (Å²) < 4.78 is 14.3. The first-order valence-electron chi connectivity index (χ1n) is 14.0. The Bertz CT molecular complexity index is 1780. The van der Waals surface area contributed by atoms with Crippen LogP contribution < -0.4 is 14.5 Å². The number of hydrogen-bond acceptors (Lipinski definition) is 11. The second-order valence-corrected chi connectivity index (χ2v) is 12.0. The van der Waals surface area contributed by atoms with Gasteiger partial charge in [0.25, 0.3) is 0 Å². The van der Waals surface area contributed by atoms with E-state index in [4.69, 9.17) is 29.5 Å². The zero-order chi connectivity index (χ0) is 27.7. The number of aryl methyl sites for hydroxylation is 1. The number of morpholine rings is 1. The van der Waals surface area contributed by atoms with Crippen LogP contribution in [0.15, 0.2) is 36.8 Å². The van der Waals surface area contributed by atoms with Crippen molar-refractivity contribution in [1.82, 2.24) is 34.6 Å². The molecular weight excluding hydrogens is 538 g/mol. The lowest BCUT2D eigenvalue weighted by Gasteiger charge is -2.31. The highest BCUT2D eigenvalue weighted by molar-refractivity contribution is 7.22. The zero-order valence-corrected chi connectivity index (χ0v) is 24.1. The van der Waals surface area contributed by atoms with Gasteiger partial charge in [0.2, 0.25) is 0 Å². The molecule has 0 unspecified atom stereocenters. The Hall–Kier alpha value is -3.87. The van der Waals surface area contributed by atoms with E-state index in [1.165, 1.54) is 6.42 Å². The summed E-state index contributed by atoms with van der Waals surface area (Å²) in [5, 5.41) is 6.88. The van der Waals surface area contributed by atoms with Crippen molar-refractivity contribution in [3.8, 4) is 22.8 Å². The Balaban J connectivity index is 1.28. The van der Waals surface area contributed by atoms with Gasteiger partial charge in [-0.15, -0.1) is 0 Å². The molecule has 3 aliphatic heterocycles. The molecule has 0 spiro atoms. The number of likely N-dealkylation sites (N-methyl/N-ethyl adjacent to an activating group) is 1. The fraction of sp³-hybridized carbons (Fsp3) is 0.414. The maximum atomic E-state index is 5.67. The fourth-order valence-corrected chi connectivity index (χ4v) is 7.54. The van der Waals surface area contributed by atoms with Crippen LogP contribution in [0.25, 0.3) is 38.2 Å². The molecule has 210 valence electrons. The van der Waals surface area contributed by atoms with Crippen molar-refractivity contribution in [2.75, 3.05) is 63.4 Å². The highest BCUT2D eigenvalue weighted by Crippen LogP contribution is 2.41. The monoisotopic (exact) mass is 569 g/mol. The maximum Gasteiger partial charge on any atom is 0.186 e. The van der Waals surface area contributed by atoms with Crippen LogP contribution in [0.1, 0.15) is 12.1 Å². The first-order valence-corrected chi connectivity index (χ1v) is 14.8. The van der Waals surface area contributed by atoms with E-state index in [9.17, 15) is 0 Å². The Labute approximate surface area is 241 Å². The number of rotatable bonds is 5. The molecule has 11 nitrogen and oxygen atoms in total. The van der Waals surface area contributed by atoms with Crippen LogP contribution in [0, 0.1) is 6.92 Å². The smallest absolute Gasteiger partial charge is 0.186 e. The number of thiazole rings is 1. The van der Waals surface area contributed by atoms with Crippen molar-refractivity contribution >= 4 is 43.4 Å².